The zero-order valence-electron chi connectivity index (χ0n) is 5.66. The smallest absolute Gasteiger partial charge is 0.181 e. The number of rotatable bonds is 1. The van der Waals surface area contributed by atoms with Gasteiger partial charge < -0.3 is 25.2 Å². The summed E-state index contributed by atoms with van der Waals surface area (Å²) in [6.45, 7) is 5.14. The Labute approximate surface area is 63.8 Å². The van der Waals surface area contributed by atoms with Gasteiger partial charge in [-0.05, 0) is 6.92 Å². The summed E-state index contributed by atoms with van der Waals surface area (Å²) < 4.78 is 4.62. The van der Waals surface area contributed by atoms with Gasteiger partial charge in [0.25, 0.3) is 0 Å². The van der Waals surface area contributed by atoms with Gasteiger partial charge in [-0.25, -0.2) is 0 Å². The first-order valence-corrected chi connectivity index (χ1v) is 3.17. The molecule has 5 heteroatoms. The number of aliphatic hydroxyl groups is 4. The fraction of sp³-hybridized carbons (Fsp3) is 0.833. The van der Waals surface area contributed by atoms with Crippen LogP contribution in [0, 0.1) is 6.92 Å². The predicted octanol–water partition coefficient (Wildman–Crippen LogP) is -2.50. The van der Waals surface area contributed by atoms with Gasteiger partial charge in [0.2, 0.25) is 0 Å². The van der Waals surface area contributed by atoms with Crippen LogP contribution in [-0.4, -0.2) is 51.1 Å². The van der Waals surface area contributed by atoms with E-state index in [0.29, 0.717) is 0 Å². The number of ether oxygens (including phenoxy) is 1. The Morgan fingerprint density at radius 3 is 1.91 bits per heavy atom. The molecule has 0 aromatic rings. The maximum Gasteiger partial charge on any atom is 0.181 e. The van der Waals surface area contributed by atoms with Crippen LogP contribution in [0.5, 0.6) is 0 Å². The van der Waals surface area contributed by atoms with Gasteiger partial charge in [-0.15, -0.1) is 0 Å². The van der Waals surface area contributed by atoms with Crippen LogP contribution in [0.3, 0.4) is 0 Å². The van der Waals surface area contributed by atoms with Gasteiger partial charge in [0.1, 0.15) is 18.3 Å². The molecule has 4 atom stereocenters. The van der Waals surface area contributed by atoms with Crippen molar-refractivity contribution in [3.05, 3.63) is 6.92 Å². The quantitative estimate of drug-likeness (QED) is 0.320. The summed E-state index contributed by atoms with van der Waals surface area (Å²) in [5.74, 6) is 0. The Kier molecular flexibility index (Phi) is 2.46. The second-order valence-electron chi connectivity index (χ2n) is 2.46. The molecule has 1 rings (SSSR count). The standard InChI is InChI=1S/C6H10O5/c1-2-3(7)4(8)5(11-2)6(9)10/h1-10H/t2-,3?,4+,5-/m0/s1. The second kappa shape index (κ2) is 3.04. The summed E-state index contributed by atoms with van der Waals surface area (Å²) in [4.78, 5) is 0. The highest BCUT2D eigenvalue weighted by molar-refractivity contribution is 4.92. The maximum atomic E-state index is 9.02. The van der Waals surface area contributed by atoms with Gasteiger partial charge in [0.05, 0.1) is 6.10 Å². The highest BCUT2D eigenvalue weighted by Crippen LogP contribution is 2.21. The first-order chi connectivity index (χ1) is 5.04. The van der Waals surface area contributed by atoms with E-state index in [2.05, 4.69) is 4.74 Å². The third kappa shape index (κ3) is 1.52. The molecule has 0 saturated carbocycles. The van der Waals surface area contributed by atoms with Gasteiger partial charge in [-0.3, -0.25) is 0 Å². The van der Waals surface area contributed by atoms with E-state index >= 15 is 0 Å². The highest BCUT2D eigenvalue weighted by Gasteiger charge is 2.43. The molecule has 64 valence electrons. The molecule has 1 aliphatic rings. The number of aliphatic hydroxyl groups excluding tert-OH is 3. The fourth-order valence-electron chi connectivity index (χ4n) is 0.978. The normalized spacial score (nSPS) is 45.3. The summed E-state index contributed by atoms with van der Waals surface area (Å²) in [6.07, 6.45) is -6.71. The monoisotopic (exact) mass is 162 g/mol. The molecule has 0 aliphatic carbocycles. The molecule has 0 bridgehead atoms. The van der Waals surface area contributed by atoms with Gasteiger partial charge in [0.15, 0.2) is 6.29 Å². The van der Waals surface area contributed by atoms with Gasteiger partial charge in [-0.2, -0.15) is 0 Å². The maximum absolute atomic E-state index is 9.02. The molecule has 1 fully saturated rings. The zero-order valence-corrected chi connectivity index (χ0v) is 5.66. The lowest BCUT2D eigenvalue weighted by Gasteiger charge is -2.15. The van der Waals surface area contributed by atoms with E-state index in [-0.39, 0.29) is 0 Å². The molecule has 1 aliphatic heterocycles. The van der Waals surface area contributed by atoms with Crippen molar-refractivity contribution in [3.63, 3.8) is 0 Å². The summed E-state index contributed by atoms with van der Waals surface area (Å²) in [7, 11) is 0. The van der Waals surface area contributed by atoms with Crippen LogP contribution in [0.15, 0.2) is 0 Å². The lowest BCUT2D eigenvalue weighted by atomic mass is 10.1. The number of hydrogen-bond acceptors (Lipinski definition) is 5. The lowest BCUT2D eigenvalue weighted by Crippen LogP contribution is -2.38. The zero-order chi connectivity index (χ0) is 8.59. The van der Waals surface area contributed by atoms with Crippen molar-refractivity contribution in [2.75, 3.05) is 0 Å². The van der Waals surface area contributed by atoms with Crippen molar-refractivity contribution in [1.29, 1.82) is 0 Å². The van der Waals surface area contributed by atoms with Crippen LogP contribution in [0.4, 0.5) is 0 Å². The van der Waals surface area contributed by atoms with E-state index in [1.54, 1.807) is 0 Å². The molecular weight excluding hydrogens is 152 g/mol. The Hall–Kier alpha value is -0.200. The third-order valence-electron chi connectivity index (χ3n) is 1.63. The van der Waals surface area contributed by atoms with Crippen molar-refractivity contribution < 1.29 is 25.2 Å². The molecule has 0 amide bonds. The van der Waals surface area contributed by atoms with Crippen LogP contribution >= 0.6 is 0 Å². The SMILES string of the molecule is [CH][C@@H]1O[C@H](C(O)O)[C@H](O)C1O. The Bertz CT molecular complexity index is 137. The Balaban J connectivity index is 2.59. The van der Waals surface area contributed by atoms with E-state index in [4.69, 9.17) is 27.3 Å². The van der Waals surface area contributed by atoms with Crippen LogP contribution in [0.25, 0.3) is 0 Å². The molecule has 11 heavy (non-hydrogen) atoms. The highest BCUT2D eigenvalue weighted by atomic mass is 16.6. The molecule has 1 heterocycles. The van der Waals surface area contributed by atoms with E-state index in [9.17, 15) is 0 Å². The predicted molar refractivity (Wildman–Crippen MR) is 33.2 cm³/mol. The average molecular weight is 162 g/mol. The fourth-order valence-corrected chi connectivity index (χ4v) is 0.978. The molecular formula is C6H10O5. The minimum Gasteiger partial charge on any atom is -0.388 e. The summed E-state index contributed by atoms with van der Waals surface area (Å²) in [6, 6.07) is 0. The Morgan fingerprint density at radius 2 is 1.73 bits per heavy atom. The number of hydrogen-bond donors (Lipinski definition) is 4. The molecule has 1 saturated heterocycles. The van der Waals surface area contributed by atoms with Crippen molar-refractivity contribution in [2.45, 2.75) is 30.7 Å². The van der Waals surface area contributed by atoms with Gasteiger partial charge in [0, 0.05) is 0 Å². The summed E-state index contributed by atoms with van der Waals surface area (Å²) in [5.41, 5.74) is 0. The van der Waals surface area contributed by atoms with Crippen molar-refractivity contribution >= 4 is 0 Å². The molecule has 0 spiro atoms. The van der Waals surface area contributed by atoms with Crippen LogP contribution < -0.4 is 0 Å². The van der Waals surface area contributed by atoms with Crippen molar-refractivity contribution in [3.8, 4) is 0 Å². The van der Waals surface area contributed by atoms with Crippen LogP contribution in [0.1, 0.15) is 0 Å². The molecule has 1 unspecified atom stereocenters. The van der Waals surface area contributed by atoms with Crippen molar-refractivity contribution in [2.24, 2.45) is 0 Å². The van der Waals surface area contributed by atoms with Crippen LogP contribution in [0.2, 0.25) is 0 Å². The third-order valence-corrected chi connectivity index (χ3v) is 1.63. The minimum atomic E-state index is -1.83. The van der Waals surface area contributed by atoms with E-state index in [1.165, 1.54) is 0 Å². The molecule has 4 N–H and O–H groups in total. The van der Waals surface area contributed by atoms with E-state index in [1.807, 2.05) is 0 Å². The van der Waals surface area contributed by atoms with Crippen molar-refractivity contribution in [1.82, 2.24) is 0 Å². The molecule has 0 aromatic heterocycles. The minimum absolute atomic E-state index is 1.06. The molecule has 0 aromatic carbocycles. The summed E-state index contributed by atoms with van der Waals surface area (Å²) >= 11 is 0. The molecule has 2 radical (unpaired) electrons. The first-order valence-electron chi connectivity index (χ1n) is 3.17. The van der Waals surface area contributed by atoms with E-state index in [0.717, 1.165) is 0 Å². The largest absolute Gasteiger partial charge is 0.388 e. The first kappa shape index (κ1) is 8.89. The lowest BCUT2D eigenvalue weighted by molar-refractivity contribution is -0.156. The second-order valence-corrected chi connectivity index (χ2v) is 2.46. The van der Waals surface area contributed by atoms with Crippen LogP contribution in [-0.2, 0) is 4.74 Å². The summed E-state index contributed by atoms with van der Waals surface area (Å²) in [5, 5.41) is 35.1. The average Bonchev–Trinajstić information content (AvgIpc) is 2.17. The van der Waals surface area contributed by atoms with Gasteiger partial charge in [-0.1, -0.05) is 0 Å². The van der Waals surface area contributed by atoms with Gasteiger partial charge >= 0.3 is 0 Å². The van der Waals surface area contributed by atoms with E-state index < -0.39 is 30.7 Å². The topological polar surface area (TPSA) is 90.2 Å². The Morgan fingerprint density at radius 1 is 1.18 bits per heavy atom. The molecule has 5 nitrogen and oxygen atoms in total.